The fraction of sp³-hybridized carbons (Fsp3) is 0.364. The molecular weight excluding hydrogens is 236 g/mol. The third kappa shape index (κ3) is 3.70. The molecule has 0 fully saturated rings. The van der Waals surface area contributed by atoms with Gasteiger partial charge in [0.2, 0.25) is 5.91 Å². The normalized spacial score (nSPS) is 11.9. The van der Waals surface area contributed by atoms with Crippen LogP contribution in [-0.4, -0.2) is 23.4 Å². The number of primary amides is 1. The topological polar surface area (TPSA) is 124 Å². The number of nitrogens with zero attached hydrogens (tertiary/aromatic N) is 1. The van der Waals surface area contributed by atoms with Gasteiger partial charge in [-0.2, -0.15) is 0 Å². The highest BCUT2D eigenvalue weighted by Gasteiger charge is 2.16. The molecule has 1 unspecified atom stereocenters. The van der Waals surface area contributed by atoms with Crippen LogP contribution in [0.25, 0.3) is 0 Å². The molecule has 0 aliphatic heterocycles. The first kappa shape index (κ1) is 13.9. The van der Waals surface area contributed by atoms with E-state index < -0.39 is 10.8 Å². The smallest absolute Gasteiger partial charge is 0.293 e. The second-order valence-corrected chi connectivity index (χ2v) is 4.05. The zero-order valence-corrected chi connectivity index (χ0v) is 10.1. The van der Waals surface area contributed by atoms with Crippen LogP contribution in [0.3, 0.4) is 0 Å². The minimum absolute atomic E-state index is 0.0152. The van der Waals surface area contributed by atoms with Crippen LogP contribution in [0.4, 0.5) is 11.4 Å². The maximum atomic E-state index is 11.0. The molecule has 1 aromatic carbocycles. The lowest BCUT2D eigenvalue weighted by atomic mass is 10.1. The van der Waals surface area contributed by atoms with Gasteiger partial charge in [0.15, 0.2) is 0 Å². The fourth-order valence-electron chi connectivity index (χ4n) is 1.42. The van der Waals surface area contributed by atoms with E-state index in [-0.39, 0.29) is 17.3 Å². The number of nitrogens with one attached hydrogen (secondary N) is 1. The zero-order valence-electron chi connectivity index (χ0n) is 10.1. The predicted molar refractivity (Wildman–Crippen MR) is 68.4 cm³/mol. The number of carbonyl (C=O) groups excluding carboxylic acids is 1. The first-order valence-electron chi connectivity index (χ1n) is 5.49. The van der Waals surface area contributed by atoms with Crippen molar-refractivity contribution in [2.24, 2.45) is 11.5 Å². The molecule has 5 N–H and O–H groups in total. The van der Waals surface area contributed by atoms with E-state index in [9.17, 15) is 14.9 Å². The number of nitrogens with two attached hydrogens (primary N) is 2. The van der Waals surface area contributed by atoms with Gasteiger partial charge in [-0.15, -0.1) is 0 Å². The van der Waals surface area contributed by atoms with Crippen molar-refractivity contribution in [1.29, 1.82) is 0 Å². The van der Waals surface area contributed by atoms with E-state index in [1.54, 1.807) is 0 Å². The maximum absolute atomic E-state index is 11.0. The molecule has 1 aromatic rings. The van der Waals surface area contributed by atoms with Crippen LogP contribution >= 0.6 is 0 Å². The summed E-state index contributed by atoms with van der Waals surface area (Å²) >= 11 is 0. The fourth-order valence-corrected chi connectivity index (χ4v) is 1.42. The van der Waals surface area contributed by atoms with E-state index in [2.05, 4.69) is 5.32 Å². The molecule has 1 amide bonds. The number of benzene rings is 1. The minimum atomic E-state index is -0.694. The first-order chi connectivity index (χ1) is 8.41. The number of nitro benzene ring substituents is 1. The van der Waals surface area contributed by atoms with E-state index in [4.69, 9.17) is 11.5 Å². The van der Waals surface area contributed by atoms with E-state index in [1.807, 2.05) is 6.92 Å². The van der Waals surface area contributed by atoms with Crippen LogP contribution in [0.2, 0.25) is 0 Å². The molecular formula is C11H16N4O3. The molecule has 0 bridgehead atoms. The number of rotatable bonds is 6. The average Bonchev–Trinajstić information content (AvgIpc) is 2.28. The maximum Gasteiger partial charge on any atom is 0.293 e. The molecule has 0 aromatic heterocycles. The van der Waals surface area contributed by atoms with Gasteiger partial charge in [0, 0.05) is 24.2 Å². The van der Waals surface area contributed by atoms with Gasteiger partial charge in [0.05, 0.1) is 4.92 Å². The van der Waals surface area contributed by atoms with Gasteiger partial charge in [-0.25, -0.2) is 0 Å². The highest BCUT2D eigenvalue weighted by molar-refractivity contribution is 5.94. The van der Waals surface area contributed by atoms with E-state index in [0.717, 1.165) is 6.07 Å². The van der Waals surface area contributed by atoms with Crippen LogP contribution in [-0.2, 0) is 0 Å². The summed E-state index contributed by atoms with van der Waals surface area (Å²) in [5.41, 5.74) is 11.0. The molecule has 0 aliphatic rings. The Balaban J connectivity index is 2.90. The molecule has 7 heteroatoms. The number of hydrogen-bond acceptors (Lipinski definition) is 5. The Hall–Kier alpha value is -2.15. The molecule has 7 nitrogen and oxygen atoms in total. The van der Waals surface area contributed by atoms with E-state index in [0.29, 0.717) is 18.7 Å². The highest BCUT2D eigenvalue weighted by atomic mass is 16.6. The quantitative estimate of drug-likeness (QED) is 0.511. The lowest BCUT2D eigenvalue weighted by Gasteiger charge is -2.09. The first-order valence-corrected chi connectivity index (χ1v) is 5.49. The largest absolute Gasteiger partial charge is 0.379 e. The molecule has 0 saturated heterocycles. The molecule has 0 saturated carbocycles. The van der Waals surface area contributed by atoms with Crippen molar-refractivity contribution in [3.8, 4) is 0 Å². The molecule has 0 radical (unpaired) electrons. The van der Waals surface area contributed by atoms with Crippen molar-refractivity contribution in [2.45, 2.75) is 19.4 Å². The van der Waals surface area contributed by atoms with Crippen LogP contribution in [0, 0.1) is 10.1 Å². The second kappa shape index (κ2) is 5.97. The summed E-state index contributed by atoms with van der Waals surface area (Å²) < 4.78 is 0. The van der Waals surface area contributed by atoms with Crippen LogP contribution in [0.5, 0.6) is 0 Å². The number of anilines is 1. The number of amides is 1. The Morgan fingerprint density at radius 2 is 2.22 bits per heavy atom. The van der Waals surface area contributed by atoms with Crippen LogP contribution in [0.1, 0.15) is 23.7 Å². The van der Waals surface area contributed by atoms with Gasteiger partial charge in [-0.05, 0) is 25.5 Å². The summed E-state index contributed by atoms with van der Waals surface area (Å²) in [5, 5.41) is 13.8. The van der Waals surface area contributed by atoms with Crippen molar-refractivity contribution in [3.63, 3.8) is 0 Å². The highest BCUT2D eigenvalue weighted by Crippen LogP contribution is 2.25. The van der Waals surface area contributed by atoms with Gasteiger partial charge in [0.25, 0.3) is 5.69 Å². The summed E-state index contributed by atoms with van der Waals surface area (Å²) in [4.78, 5) is 21.3. The lowest BCUT2D eigenvalue weighted by Crippen LogP contribution is -2.19. The predicted octanol–water partition coefficient (Wildman–Crippen LogP) is 0.843. The Kier molecular flexibility index (Phi) is 4.61. The minimum Gasteiger partial charge on any atom is -0.379 e. The van der Waals surface area contributed by atoms with E-state index in [1.165, 1.54) is 12.1 Å². The molecule has 1 rings (SSSR count). The summed E-state index contributed by atoms with van der Waals surface area (Å²) in [6, 6.07) is 4.10. The number of nitro groups is 1. The average molecular weight is 252 g/mol. The summed E-state index contributed by atoms with van der Waals surface area (Å²) in [6.07, 6.45) is 0.689. The van der Waals surface area contributed by atoms with Gasteiger partial charge in [-0.3, -0.25) is 14.9 Å². The standard InChI is InChI=1S/C11H16N4O3/c1-7(12)4-5-14-9-3-2-8(11(13)16)6-10(9)15(17)18/h2-3,6-7,14H,4-5,12H2,1H3,(H2,13,16). The molecule has 0 heterocycles. The third-order valence-corrected chi connectivity index (χ3v) is 2.39. The lowest BCUT2D eigenvalue weighted by molar-refractivity contribution is -0.384. The Bertz CT molecular complexity index is 460. The Morgan fingerprint density at radius 1 is 1.56 bits per heavy atom. The van der Waals surface area contributed by atoms with Crippen molar-refractivity contribution in [2.75, 3.05) is 11.9 Å². The van der Waals surface area contributed by atoms with Crippen molar-refractivity contribution in [1.82, 2.24) is 0 Å². The molecule has 18 heavy (non-hydrogen) atoms. The molecule has 1 atom stereocenters. The second-order valence-electron chi connectivity index (χ2n) is 4.05. The van der Waals surface area contributed by atoms with Gasteiger partial charge in [0.1, 0.15) is 5.69 Å². The molecule has 0 spiro atoms. The Labute approximate surface area is 104 Å². The summed E-state index contributed by atoms with van der Waals surface area (Å²) in [6.45, 7) is 2.38. The Morgan fingerprint density at radius 3 is 2.72 bits per heavy atom. The van der Waals surface area contributed by atoms with Gasteiger partial charge in [-0.1, -0.05) is 0 Å². The summed E-state index contributed by atoms with van der Waals surface area (Å²) in [7, 11) is 0. The van der Waals surface area contributed by atoms with E-state index >= 15 is 0 Å². The molecule has 98 valence electrons. The van der Waals surface area contributed by atoms with Crippen molar-refractivity contribution in [3.05, 3.63) is 33.9 Å². The monoisotopic (exact) mass is 252 g/mol. The van der Waals surface area contributed by atoms with Gasteiger partial charge >= 0.3 is 0 Å². The SMILES string of the molecule is CC(N)CCNc1ccc(C(N)=O)cc1[N+](=O)[O-]. The van der Waals surface area contributed by atoms with Gasteiger partial charge < -0.3 is 16.8 Å². The molecule has 0 aliphatic carbocycles. The van der Waals surface area contributed by atoms with Crippen molar-refractivity contribution < 1.29 is 9.72 Å². The number of hydrogen-bond donors (Lipinski definition) is 3. The third-order valence-electron chi connectivity index (χ3n) is 2.39. The number of carbonyl (C=O) groups is 1. The van der Waals surface area contributed by atoms with Crippen LogP contribution < -0.4 is 16.8 Å². The zero-order chi connectivity index (χ0) is 13.7. The van der Waals surface area contributed by atoms with Crippen molar-refractivity contribution >= 4 is 17.3 Å². The van der Waals surface area contributed by atoms with Crippen LogP contribution in [0.15, 0.2) is 18.2 Å². The summed E-state index contributed by atoms with van der Waals surface area (Å²) in [5.74, 6) is -0.694.